The number of nitrogens with one attached hydrogen (secondary N) is 1. The zero-order valence-corrected chi connectivity index (χ0v) is 20.3. The molecule has 0 bridgehead atoms. The number of aryl methyl sites for hydroxylation is 2. The third kappa shape index (κ3) is 5.75. The summed E-state index contributed by atoms with van der Waals surface area (Å²) in [4.78, 5) is 12.4. The Labute approximate surface area is 204 Å². The van der Waals surface area contributed by atoms with Gasteiger partial charge in [0.1, 0.15) is 4.90 Å². The number of benzene rings is 3. The Morgan fingerprint density at radius 3 is 2.60 bits per heavy atom. The Morgan fingerprint density at radius 2 is 1.80 bits per heavy atom. The Balaban J connectivity index is 1.42. The van der Waals surface area contributed by atoms with Gasteiger partial charge in [-0.05, 0) is 72.5 Å². The molecule has 1 amide bonds. The van der Waals surface area contributed by atoms with Gasteiger partial charge in [0.2, 0.25) is 12.7 Å². The number of ether oxygens (including phenoxy) is 3. The highest BCUT2D eigenvalue weighted by Gasteiger charge is 2.21. The van der Waals surface area contributed by atoms with Crippen LogP contribution < -0.4 is 23.7 Å². The van der Waals surface area contributed by atoms with E-state index in [2.05, 4.69) is 5.32 Å². The summed E-state index contributed by atoms with van der Waals surface area (Å²) in [5.41, 5.74) is 2.91. The van der Waals surface area contributed by atoms with Gasteiger partial charge in [0, 0.05) is 12.6 Å². The fourth-order valence-electron chi connectivity index (χ4n) is 3.47. The molecule has 3 aromatic rings. The van der Waals surface area contributed by atoms with Crippen molar-refractivity contribution in [3.63, 3.8) is 0 Å². The van der Waals surface area contributed by atoms with Crippen LogP contribution in [0.25, 0.3) is 6.08 Å². The van der Waals surface area contributed by atoms with Crippen molar-refractivity contribution in [3.05, 3.63) is 82.9 Å². The summed E-state index contributed by atoms with van der Waals surface area (Å²) >= 11 is 0. The van der Waals surface area contributed by atoms with E-state index in [4.69, 9.17) is 18.4 Å². The predicted molar refractivity (Wildman–Crippen MR) is 130 cm³/mol. The molecule has 35 heavy (non-hydrogen) atoms. The second kappa shape index (κ2) is 10.1. The molecule has 0 spiro atoms. The molecular formula is C26H25NO7S. The van der Waals surface area contributed by atoms with Gasteiger partial charge in [-0.25, -0.2) is 0 Å². The molecule has 0 saturated carbocycles. The molecule has 0 aliphatic carbocycles. The maximum Gasteiger partial charge on any atom is 0.339 e. The summed E-state index contributed by atoms with van der Waals surface area (Å²) in [6, 6.07) is 15.3. The molecule has 3 aromatic carbocycles. The van der Waals surface area contributed by atoms with Crippen molar-refractivity contribution < 1.29 is 31.6 Å². The standard InChI is InChI=1S/C26H25NO7S/c1-17-4-5-18(2)25(12-17)35(29,30)34-22-10-6-19(13-23(22)31-3)8-11-26(28)27-15-20-7-9-21-24(14-20)33-16-32-21/h4-14H,15-16H2,1-3H3,(H,27,28). The smallest absolute Gasteiger partial charge is 0.339 e. The van der Waals surface area contributed by atoms with E-state index in [1.807, 2.05) is 25.1 Å². The minimum Gasteiger partial charge on any atom is -0.493 e. The van der Waals surface area contributed by atoms with E-state index in [9.17, 15) is 13.2 Å². The fourth-order valence-corrected chi connectivity index (χ4v) is 4.72. The molecule has 1 heterocycles. The molecule has 4 rings (SSSR count). The van der Waals surface area contributed by atoms with Crippen LogP contribution in [-0.4, -0.2) is 28.2 Å². The van der Waals surface area contributed by atoms with Crippen molar-refractivity contribution in [1.29, 1.82) is 0 Å². The fraction of sp³-hybridized carbons (Fsp3) is 0.192. The van der Waals surface area contributed by atoms with Gasteiger partial charge in [0.05, 0.1) is 7.11 Å². The van der Waals surface area contributed by atoms with Gasteiger partial charge >= 0.3 is 10.1 Å². The van der Waals surface area contributed by atoms with Crippen LogP contribution in [0.5, 0.6) is 23.0 Å². The third-order valence-corrected chi connectivity index (χ3v) is 6.71. The molecule has 0 saturated heterocycles. The largest absolute Gasteiger partial charge is 0.493 e. The average Bonchev–Trinajstić information content (AvgIpc) is 3.31. The topological polar surface area (TPSA) is 100 Å². The number of amides is 1. The lowest BCUT2D eigenvalue weighted by atomic mass is 10.2. The highest BCUT2D eigenvalue weighted by atomic mass is 32.2. The lowest BCUT2D eigenvalue weighted by molar-refractivity contribution is -0.116. The van der Waals surface area contributed by atoms with Gasteiger partial charge in [0.15, 0.2) is 23.0 Å². The Morgan fingerprint density at radius 1 is 1.00 bits per heavy atom. The number of methoxy groups -OCH3 is 1. The van der Waals surface area contributed by atoms with Crippen molar-refractivity contribution in [3.8, 4) is 23.0 Å². The summed E-state index contributed by atoms with van der Waals surface area (Å²) in [6.45, 7) is 4.04. The van der Waals surface area contributed by atoms with Gasteiger partial charge in [-0.3, -0.25) is 4.79 Å². The first-order chi connectivity index (χ1) is 16.7. The molecule has 0 aromatic heterocycles. The van der Waals surface area contributed by atoms with E-state index >= 15 is 0 Å². The second-order valence-corrected chi connectivity index (χ2v) is 9.47. The zero-order chi connectivity index (χ0) is 25.0. The van der Waals surface area contributed by atoms with Crippen LogP contribution in [0.3, 0.4) is 0 Å². The highest BCUT2D eigenvalue weighted by Crippen LogP contribution is 2.33. The Kier molecular flexibility index (Phi) is 6.97. The number of carbonyl (C=O) groups is 1. The van der Waals surface area contributed by atoms with Gasteiger partial charge in [-0.2, -0.15) is 8.42 Å². The van der Waals surface area contributed by atoms with E-state index in [0.717, 1.165) is 11.1 Å². The van der Waals surface area contributed by atoms with Crippen LogP contribution in [0, 0.1) is 13.8 Å². The van der Waals surface area contributed by atoms with Crippen LogP contribution >= 0.6 is 0 Å². The number of carbonyl (C=O) groups excluding carboxylic acids is 1. The van der Waals surface area contributed by atoms with Gasteiger partial charge in [0.25, 0.3) is 0 Å². The van der Waals surface area contributed by atoms with Crippen molar-refractivity contribution in [2.45, 2.75) is 25.3 Å². The van der Waals surface area contributed by atoms with Crippen molar-refractivity contribution in [1.82, 2.24) is 5.32 Å². The minimum absolute atomic E-state index is 0.0535. The van der Waals surface area contributed by atoms with Crippen molar-refractivity contribution >= 4 is 22.1 Å². The molecule has 182 valence electrons. The lowest BCUT2D eigenvalue weighted by Gasteiger charge is -2.13. The molecule has 9 heteroatoms. The summed E-state index contributed by atoms with van der Waals surface area (Å²) in [5, 5.41) is 2.80. The third-order valence-electron chi connectivity index (χ3n) is 5.33. The Hall–Kier alpha value is -3.98. The zero-order valence-electron chi connectivity index (χ0n) is 19.5. The molecule has 8 nitrogen and oxygen atoms in total. The lowest BCUT2D eigenvalue weighted by Crippen LogP contribution is -2.20. The van der Waals surface area contributed by atoms with Crippen LogP contribution in [0.1, 0.15) is 22.3 Å². The van der Waals surface area contributed by atoms with E-state index in [1.54, 1.807) is 43.3 Å². The average molecular weight is 496 g/mol. The molecule has 1 N–H and O–H groups in total. The van der Waals surface area contributed by atoms with E-state index < -0.39 is 10.1 Å². The van der Waals surface area contributed by atoms with Crippen molar-refractivity contribution in [2.24, 2.45) is 0 Å². The van der Waals surface area contributed by atoms with Crippen LogP contribution in [-0.2, 0) is 21.5 Å². The van der Waals surface area contributed by atoms with Gasteiger partial charge < -0.3 is 23.7 Å². The molecule has 1 aliphatic rings. The first-order valence-electron chi connectivity index (χ1n) is 10.8. The molecule has 1 aliphatic heterocycles. The number of fused-ring (bicyclic) bond motifs is 1. The van der Waals surface area contributed by atoms with E-state index in [-0.39, 0.29) is 29.1 Å². The second-order valence-electron chi connectivity index (χ2n) is 7.96. The highest BCUT2D eigenvalue weighted by molar-refractivity contribution is 7.87. The van der Waals surface area contributed by atoms with Crippen LogP contribution in [0.15, 0.2) is 65.6 Å². The quantitative estimate of drug-likeness (QED) is 0.370. The summed E-state index contributed by atoms with van der Waals surface area (Å²) in [6.07, 6.45) is 2.98. The van der Waals surface area contributed by atoms with Crippen molar-refractivity contribution in [2.75, 3.05) is 13.9 Å². The summed E-state index contributed by atoms with van der Waals surface area (Å²) in [5.74, 6) is 1.32. The van der Waals surface area contributed by atoms with Crippen LogP contribution in [0.2, 0.25) is 0 Å². The van der Waals surface area contributed by atoms with Gasteiger partial charge in [-0.15, -0.1) is 0 Å². The number of hydrogen-bond acceptors (Lipinski definition) is 7. The monoisotopic (exact) mass is 495 g/mol. The molecule has 0 fully saturated rings. The first-order valence-corrected chi connectivity index (χ1v) is 12.2. The summed E-state index contributed by atoms with van der Waals surface area (Å²) < 4.78 is 47.0. The maximum absolute atomic E-state index is 12.8. The maximum atomic E-state index is 12.8. The number of hydrogen-bond donors (Lipinski definition) is 1. The molecule has 0 radical (unpaired) electrons. The predicted octanol–water partition coefficient (Wildman–Crippen LogP) is 4.14. The summed E-state index contributed by atoms with van der Waals surface area (Å²) in [7, 11) is -2.64. The van der Waals surface area contributed by atoms with Gasteiger partial charge in [-0.1, -0.05) is 24.3 Å². The SMILES string of the molecule is COc1cc(C=CC(=O)NCc2ccc3c(c2)OCO3)ccc1OS(=O)(=O)c1cc(C)ccc1C. The number of rotatable bonds is 8. The molecule has 0 atom stereocenters. The first kappa shape index (κ1) is 24.2. The van der Waals surface area contributed by atoms with E-state index in [1.165, 1.54) is 19.3 Å². The minimum atomic E-state index is -4.05. The van der Waals surface area contributed by atoms with Crippen LogP contribution in [0.4, 0.5) is 0 Å². The normalized spacial score (nSPS) is 12.5. The molecular weight excluding hydrogens is 470 g/mol. The Bertz CT molecular complexity index is 1400. The van der Waals surface area contributed by atoms with E-state index in [0.29, 0.717) is 29.2 Å². The molecule has 0 unspecified atom stereocenters.